The van der Waals surface area contributed by atoms with Crippen molar-refractivity contribution in [2.75, 3.05) is 13.1 Å². The van der Waals surface area contributed by atoms with Crippen LogP contribution in [0.3, 0.4) is 0 Å². The first-order valence-electron chi connectivity index (χ1n) is 8.79. The number of likely N-dealkylation sites (tertiary alicyclic amines) is 1. The molecule has 1 aromatic carbocycles. The normalized spacial score (nSPS) is 16.2. The molecule has 0 atom stereocenters. The quantitative estimate of drug-likeness (QED) is 0.700. The maximum Gasteiger partial charge on any atom is 0.306 e. The van der Waals surface area contributed by atoms with Crippen molar-refractivity contribution in [2.24, 2.45) is 5.92 Å². The van der Waals surface area contributed by atoms with Crippen molar-refractivity contribution in [2.45, 2.75) is 19.4 Å². The number of aromatic nitrogens is 2. The van der Waals surface area contributed by atoms with E-state index in [0.29, 0.717) is 12.8 Å². The first-order chi connectivity index (χ1) is 12.6. The van der Waals surface area contributed by atoms with Crippen LogP contribution < -0.4 is 0 Å². The molecule has 3 heterocycles. The van der Waals surface area contributed by atoms with E-state index < -0.39 is 5.97 Å². The van der Waals surface area contributed by atoms with Gasteiger partial charge in [-0.25, -0.2) is 4.98 Å². The average molecular weight is 414 g/mol. The number of imidazole rings is 1. The predicted octanol–water partition coefficient (Wildman–Crippen LogP) is 4.06. The number of carbonyl (C=O) groups is 1. The standard InChI is InChI=1S/C20H20BrN3O2/c21-16-6-4-14(5-7-16)19-17(24-10-2-1-3-18(24)22-19)13-23-11-8-15(9-12-23)20(25)26/h1-7,10,15H,8-9,11-13H2,(H,25,26). The molecule has 1 fully saturated rings. The van der Waals surface area contributed by atoms with Crippen molar-refractivity contribution in [1.82, 2.24) is 14.3 Å². The molecule has 0 radical (unpaired) electrons. The lowest BCUT2D eigenvalue weighted by Crippen LogP contribution is -2.36. The lowest BCUT2D eigenvalue weighted by molar-refractivity contribution is -0.143. The molecule has 1 saturated heterocycles. The summed E-state index contributed by atoms with van der Waals surface area (Å²) >= 11 is 3.49. The van der Waals surface area contributed by atoms with E-state index in [1.54, 1.807) is 0 Å². The number of hydrogen-bond acceptors (Lipinski definition) is 3. The monoisotopic (exact) mass is 413 g/mol. The zero-order valence-electron chi connectivity index (χ0n) is 14.3. The third-order valence-electron chi connectivity index (χ3n) is 5.06. The largest absolute Gasteiger partial charge is 0.481 e. The van der Waals surface area contributed by atoms with Crippen molar-refractivity contribution in [3.63, 3.8) is 0 Å². The van der Waals surface area contributed by atoms with Crippen LogP contribution in [0.2, 0.25) is 0 Å². The number of fused-ring (bicyclic) bond motifs is 1. The van der Waals surface area contributed by atoms with Gasteiger partial charge in [0.2, 0.25) is 0 Å². The fourth-order valence-corrected chi connectivity index (χ4v) is 3.85. The van der Waals surface area contributed by atoms with E-state index in [2.05, 4.69) is 37.4 Å². The Bertz CT molecular complexity index is 928. The summed E-state index contributed by atoms with van der Waals surface area (Å²) in [5, 5.41) is 9.20. The van der Waals surface area contributed by atoms with Gasteiger partial charge < -0.3 is 9.51 Å². The van der Waals surface area contributed by atoms with Gasteiger partial charge in [-0.2, -0.15) is 0 Å². The summed E-state index contributed by atoms with van der Waals surface area (Å²) in [6.07, 6.45) is 3.46. The van der Waals surface area contributed by atoms with Gasteiger partial charge in [0.05, 0.1) is 17.3 Å². The van der Waals surface area contributed by atoms with E-state index in [0.717, 1.165) is 46.7 Å². The third kappa shape index (κ3) is 3.39. The molecule has 0 aliphatic carbocycles. The van der Waals surface area contributed by atoms with E-state index in [9.17, 15) is 9.90 Å². The number of carboxylic acid groups (broad SMARTS) is 1. The molecule has 0 bridgehead atoms. The van der Waals surface area contributed by atoms with Crippen LogP contribution in [0.4, 0.5) is 0 Å². The smallest absolute Gasteiger partial charge is 0.306 e. The number of halogens is 1. The topological polar surface area (TPSA) is 57.8 Å². The SMILES string of the molecule is O=C(O)C1CCN(Cc2c(-c3ccc(Br)cc3)nc3ccccn23)CC1. The van der Waals surface area contributed by atoms with Crippen LogP contribution in [0.15, 0.2) is 53.1 Å². The minimum absolute atomic E-state index is 0.209. The van der Waals surface area contributed by atoms with E-state index >= 15 is 0 Å². The van der Waals surface area contributed by atoms with Gasteiger partial charge in [0.15, 0.2) is 0 Å². The van der Waals surface area contributed by atoms with Gasteiger partial charge in [-0.05, 0) is 50.2 Å². The number of aliphatic carboxylic acids is 1. The van der Waals surface area contributed by atoms with Gasteiger partial charge in [0.25, 0.3) is 0 Å². The van der Waals surface area contributed by atoms with Crippen molar-refractivity contribution < 1.29 is 9.90 Å². The first-order valence-corrected chi connectivity index (χ1v) is 9.58. The molecule has 0 unspecified atom stereocenters. The second kappa shape index (κ2) is 7.21. The number of pyridine rings is 1. The third-order valence-corrected chi connectivity index (χ3v) is 5.59. The van der Waals surface area contributed by atoms with Gasteiger partial charge in [-0.1, -0.05) is 34.1 Å². The maximum atomic E-state index is 11.2. The van der Waals surface area contributed by atoms with E-state index in [4.69, 9.17) is 4.98 Å². The molecule has 26 heavy (non-hydrogen) atoms. The molecule has 2 aromatic heterocycles. The Morgan fingerprint density at radius 1 is 1.15 bits per heavy atom. The molecule has 0 saturated carbocycles. The molecule has 0 spiro atoms. The fraction of sp³-hybridized carbons (Fsp3) is 0.300. The number of nitrogens with zero attached hydrogens (tertiary/aromatic N) is 3. The lowest BCUT2D eigenvalue weighted by atomic mass is 9.97. The van der Waals surface area contributed by atoms with Crippen LogP contribution in [0.25, 0.3) is 16.9 Å². The summed E-state index contributed by atoms with van der Waals surface area (Å²) < 4.78 is 3.18. The number of rotatable bonds is 4. The average Bonchev–Trinajstić information content (AvgIpc) is 3.01. The van der Waals surface area contributed by atoms with Crippen LogP contribution in [0.1, 0.15) is 18.5 Å². The number of carboxylic acids is 1. The second-order valence-electron chi connectivity index (χ2n) is 6.73. The molecule has 0 amide bonds. The molecule has 6 heteroatoms. The summed E-state index contributed by atoms with van der Waals surface area (Å²) in [7, 11) is 0. The Balaban J connectivity index is 1.66. The molecule has 1 aliphatic heterocycles. The van der Waals surface area contributed by atoms with Gasteiger partial charge in [0.1, 0.15) is 5.65 Å². The Labute approximate surface area is 160 Å². The molecule has 134 valence electrons. The highest BCUT2D eigenvalue weighted by Crippen LogP contribution is 2.28. The van der Waals surface area contributed by atoms with E-state index in [1.165, 1.54) is 0 Å². The Hall–Kier alpha value is -2.18. The van der Waals surface area contributed by atoms with Crippen LogP contribution >= 0.6 is 15.9 Å². The Kier molecular flexibility index (Phi) is 4.78. The van der Waals surface area contributed by atoms with Crippen molar-refractivity contribution in [1.29, 1.82) is 0 Å². The Morgan fingerprint density at radius 3 is 2.58 bits per heavy atom. The number of hydrogen-bond donors (Lipinski definition) is 1. The van der Waals surface area contributed by atoms with Gasteiger partial charge in [-0.15, -0.1) is 0 Å². The molecule has 1 N–H and O–H groups in total. The van der Waals surface area contributed by atoms with Gasteiger partial charge in [0, 0.05) is 22.8 Å². The Morgan fingerprint density at radius 2 is 1.88 bits per heavy atom. The number of piperidine rings is 1. The second-order valence-corrected chi connectivity index (χ2v) is 7.65. The molecule has 4 rings (SSSR count). The maximum absolute atomic E-state index is 11.2. The number of benzene rings is 1. The van der Waals surface area contributed by atoms with Crippen molar-refractivity contribution in [3.8, 4) is 11.3 Å². The zero-order valence-corrected chi connectivity index (χ0v) is 15.9. The van der Waals surface area contributed by atoms with Crippen LogP contribution in [-0.4, -0.2) is 38.4 Å². The predicted molar refractivity (Wildman–Crippen MR) is 104 cm³/mol. The first kappa shape index (κ1) is 17.2. The van der Waals surface area contributed by atoms with Crippen LogP contribution in [-0.2, 0) is 11.3 Å². The summed E-state index contributed by atoms with van der Waals surface area (Å²) in [6, 6.07) is 14.2. The van der Waals surface area contributed by atoms with E-state index in [-0.39, 0.29) is 5.92 Å². The summed E-state index contributed by atoms with van der Waals surface area (Å²) in [4.78, 5) is 18.4. The van der Waals surface area contributed by atoms with Crippen LogP contribution in [0.5, 0.6) is 0 Å². The molecule has 1 aliphatic rings. The molecular weight excluding hydrogens is 394 g/mol. The molecule has 5 nitrogen and oxygen atoms in total. The van der Waals surface area contributed by atoms with Crippen LogP contribution in [0, 0.1) is 5.92 Å². The highest BCUT2D eigenvalue weighted by Gasteiger charge is 2.26. The van der Waals surface area contributed by atoms with Gasteiger partial charge in [-0.3, -0.25) is 9.69 Å². The highest BCUT2D eigenvalue weighted by molar-refractivity contribution is 9.10. The summed E-state index contributed by atoms with van der Waals surface area (Å²) in [6.45, 7) is 2.37. The summed E-state index contributed by atoms with van der Waals surface area (Å²) in [5.74, 6) is -0.880. The zero-order chi connectivity index (χ0) is 18.1. The lowest BCUT2D eigenvalue weighted by Gasteiger charge is -2.30. The summed E-state index contributed by atoms with van der Waals surface area (Å²) in [5.41, 5.74) is 4.16. The molecule has 3 aromatic rings. The fourth-order valence-electron chi connectivity index (χ4n) is 3.59. The minimum Gasteiger partial charge on any atom is -0.481 e. The minimum atomic E-state index is -0.671. The molecular formula is C20H20BrN3O2. The van der Waals surface area contributed by atoms with E-state index in [1.807, 2.05) is 36.5 Å². The van der Waals surface area contributed by atoms with Gasteiger partial charge >= 0.3 is 5.97 Å². The van der Waals surface area contributed by atoms with Crippen molar-refractivity contribution in [3.05, 3.63) is 58.8 Å². The highest BCUT2D eigenvalue weighted by atomic mass is 79.9. The van der Waals surface area contributed by atoms with Crippen molar-refractivity contribution >= 4 is 27.5 Å².